The lowest BCUT2D eigenvalue weighted by Crippen LogP contribution is -2.36. The van der Waals surface area contributed by atoms with Crippen LogP contribution in [0.1, 0.15) is 24.4 Å². The summed E-state index contributed by atoms with van der Waals surface area (Å²) in [6, 6.07) is 10.2. The van der Waals surface area contributed by atoms with Gasteiger partial charge in [0.25, 0.3) is 0 Å². The number of amides is 1. The Morgan fingerprint density at radius 2 is 2.08 bits per heavy atom. The van der Waals surface area contributed by atoms with Gasteiger partial charge in [0.2, 0.25) is 5.91 Å². The molecule has 1 amide bonds. The average molecular weight is 372 g/mol. The number of aromatic nitrogens is 1. The fourth-order valence-electron chi connectivity index (χ4n) is 2.71. The molecule has 0 aliphatic carbocycles. The maximum atomic E-state index is 11.9. The van der Waals surface area contributed by atoms with Gasteiger partial charge in [0.1, 0.15) is 0 Å². The van der Waals surface area contributed by atoms with Gasteiger partial charge in [0, 0.05) is 31.0 Å². The third-order valence-electron chi connectivity index (χ3n) is 3.87. The molecule has 5 nitrogen and oxygen atoms in total. The summed E-state index contributed by atoms with van der Waals surface area (Å²) in [5, 5.41) is 6.27. The number of nitrogens with one attached hydrogen (secondary N) is 2. The molecule has 0 bridgehead atoms. The van der Waals surface area contributed by atoms with Gasteiger partial charge < -0.3 is 15.1 Å². The lowest BCUT2D eigenvalue weighted by atomic mass is 10.1. The van der Waals surface area contributed by atoms with Crippen molar-refractivity contribution in [3.8, 4) is 11.3 Å². The van der Waals surface area contributed by atoms with Crippen molar-refractivity contribution in [1.29, 1.82) is 0 Å². The number of oxazole rings is 1. The summed E-state index contributed by atoms with van der Waals surface area (Å²) < 4.78 is 5.82. The highest BCUT2D eigenvalue weighted by Gasteiger charge is 2.17. The summed E-state index contributed by atoms with van der Waals surface area (Å²) in [5.41, 5.74) is 1.88. The van der Waals surface area contributed by atoms with Crippen LogP contribution >= 0.6 is 24.8 Å². The van der Waals surface area contributed by atoms with Crippen LogP contribution in [-0.4, -0.2) is 30.0 Å². The van der Waals surface area contributed by atoms with Gasteiger partial charge in [-0.15, -0.1) is 24.8 Å². The molecule has 7 heteroatoms. The highest BCUT2D eigenvalue weighted by molar-refractivity contribution is 5.85. The zero-order valence-corrected chi connectivity index (χ0v) is 15.2. The molecule has 1 aromatic carbocycles. The molecule has 24 heavy (non-hydrogen) atoms. The first kappa shape index (κ1) is 20.5. The van der Waals surface area contributed by atoms with E-state index >= 15 is 0 Å². The number of hydrogen-bond acceptors (Lipinski definition) is 4. The quantitative estimate of drug-likeness (QED) is 0.847. The number of rotatable bonds is 5. The summed E-state index contributed by atoms with van der Waals surface area (Å²) >= 11 is 0. The Bertz CT molecular complexity index is 641. The van der Waals surface area contributed by atoms with Gasteiger partial charge in [-0.1, -0.05) is 30.3 Å². The number of aryl methyl sites for hydroxylation is 2. The van der Waals surface area contributed by atoms with Crippen LogP contribution in [0.15, 0.2) is 34.7 Å². The predicted octanol–water partition coefficient (Wildman–Crippen LogP) is 2.90. The maximum absolute atomic E-state index is 11.9. The van der Waals surface area contributed by atoms with E-state index in [1.807, 2.05) is 37.3 Å². The van der Waals surface area contributed by atoms with Crippen molar-refractivity contribution in [1.82, 2.24) is 15.6 Å². The molecule has 2 heterocycles. The topological polar surface area (TPSA) is 67.2 Å². The molecule has 0 radical (unpaired) electrons. The Morgan fingerprint density at radius 3 is 2.75 bits per heavy atom. The van der Waals surface area contributed by atoms with Crippen LogP contribution in [0, 0.1) is 6.92 Å². The van der Waals surface area contributed by atoms with Gasteiger partial charge in [-0.25, -0.2) is 4.98 Å². The second-order valence-corrected chi connectivity index (χ2v) is 5.65. The summed E-state index contributed by atoms with van der Waals surface area (Å²) in [6.07, 6.45) is 1.94. The van der Waals surface area contributed by atoms with Crippen molar-refractivity contribution in [2.45, 2.75) is 32.2 Å². The molecule has 132 valence electrons. The number of nitrogens with zero attached hydrogens (tertiary/aromatic N) is 1. The highest BCUT2D eigenvalue weighted by atomic mass is 35.5. The largest absolute Gasteiger partial charge is 0.440 e. The molecule has 3 rings (SSSR count). The van der Waals surface area contributed by atoms with E-state index in [2.05, 4.69) is 15.6 Å². The van der Waals surface area contributed by atoms with E-state index in [1.165, 1.54) is 0 Å². The van der Waals surface area contributed by atoms with E-state index in [0.29, 0.717) is 18.7 Å². The minimum Gasteiger partial charge on any atom is -0.440 e. The number of carbonyl (C=O) groups is 1. The fourth-order valence-corrected chi connectivity index (χ4v) is 2.71. The first-order valence-corrected chi connectivity index (χ1v) is 7.74. The average Bonchev–Trinajstić information content (AvgIpc) is 3.16. The fraction of sp³-hybridized carbons (Fsp3) is 0.412. The third-order valence-corrected chi connectivity index (χ3v) is 3.87. The SMILES string of the molecule is Cc1nc(CCC(=O)NC2CCNC2)oc1-c1ccccc1.Cl.Cl. The van der Waals surface area contributed by atoms with Crippen molar-refractivity contribution in [2.24, 2.45) is 0 Å². The minimum atomic E-state index is 0. The molecule has 0 saturated carbocycles. The molecule has 1 unspecified atom stereocenters. The van der Waals surface area contributed by atoms with Crippen molar-refractivity contribution in [2.75, 3.05) is 13.1 Å². The van der Waals surface area contributed by atoms with E-state index in [-0.39, 0.29) is 36.8 Å². The van der Waals surface area contributed by atoms with Crippen LogP contribution in [0.5, 0.6) is 0 Å². The highest BCUT2D eigenvalue weighted by Crippen LogP contribution is 2.24. The molecule has 1 aliphatic heterocycles. The lowest BCUT2D eigenvalue weighted by Gasteiger charge is -2.10. The summed E-state index contributed by atoms with van der Waals surface area (Å²) in [7, 11) is 0. The molecule has 1 fully saturated rings. The third kappa shape index (κ3) is 5.23. The van der Waals surface area contributed by atoms with E-state index in [4.69, 9.17) is 4.42 Å². The van der Waals surface area contributed by atoms with Crippen LogP contribution in [0.25, 0.3) is 11.3 Å². The number of hydrogen-bond donors (Lipinski definition) is 2. The Labute approximate surface area is 154 Å². The smallest absolute Gasteiger partial charge is 0.220 e. The maximum Gasteiger partial charge on any atom is 0.220 e. The molecule has 0 spiro atoms. The van der Waals surface area contributed by atoms with Crippen LogP contribution in [0.4, 0.5) is 0 Å². The van der Waals surface area contributed by atoms with Crippen LogP contribution in [-0.2, 0) is 11.2 Å². The van der Waals surface area contributed by atoms with Crippen LogP contribution in [0.3, 0.4) is 0 Å². The van der Waals surface area contributed by atoms with Gasteiger partial charge in [0.05, 0.1) is 5.69 Å². The number of halogens is 2. The molecule has 2 aromatic rings. The molecule has 1 aromatic heterocycles. The number of benzene rings is 1. The van der Waals surface area contributed by atoms with Crippen LogP contribution < -0.4 is 10.6 Å². The Hall–Kier alpha value is -1.56. The zero-order chi connectivity index (χ0) is 15.4. The zero-order valence-electron chi connectivity index (χ0n) is 13.6. The van der Waals surface area contributed by atoms with E-state index in [9.17, 15) is 4.79 Å². The second-order valence-electron chi connectivity index (χ2n) is 5.65. The van der Waals surface area contributed by atoms with Gasteiger partial charge in [0.15, 0.2) is 11.7 Å². The van der Waals surface area contributed by atoms with Crippen molar-refractivity contribution < 1.29 is 9.21 Å². The van der Waals surface area contributed by atoms with Crippen molar-refractivity contribution in [3.63, 3.8) is 0 Å². The van der Waals surface area contributed by atoms with Gasteiger partial charge >= 0.3 is 0 Å². The minimum absolute atomic E-state index is 0. The van der Waals surface area contributed by atoms with E-state index in [1.54, 1.807) is 0 Å². The summed E-state index contributed by atoms with van der Waals surface area (Å²) in [5.74, 6) is 1.47. The second kappa shape index (κ2) is 9.67. The molecular weight excluding hydrogens is 349 g/mol. The molecular formula is C17H23Cl2N3O2. The van der Waals surface area contributed by atoms with Gasteiger partial charge in [-0.05, 0) is 19.9 Å². The normalized spacial score (nSPS) is 16.1. The van der Waals surface area contributed by atoms with Crippen LogP contribution in [0.2, 0.25) is 0 Å². The number of carbonyl (C=O) groups excluding carboxylic acids is 1. The molecule has 1 atom stereocenters. The Kier molecular flexibility index (Phi) is 8.25. The standard InChI is InChI=1S/C17H21N3O2.2ClH/c1-12-17(13-5-3-2-4-6-13)22-16(19-12)8-7-15(21)20-14-9-10-18-11-14;;/h2-6,14,18H,7-11H2,1H3,(H,20,21);2*1H. The Morgan fingerprint density at radius 1 is 1.33 bits per heavy atom. The summed E-state index contributed by atoms with van der Waals surface area (Å²) in [6.45, 7) is 3.77. The van der Waals surface area contributed by atoms with E-state index in [0.717, 1.165) is 36.5 Å². The first-order chi connectivity index (χ1) is 10.7. The van der Waals surface area contributed by atoms with E-state index < -0.39 is 0 Å². The van der Waals surface area contributed by atoms with Gasteiger partial charge in [-0.2, -0.15) is 0 Å². The lowest BCUT2D eigenvalue weighted by molar-refractivity contribution is -0.121. The Balaban J connectivity index is 0.00000144. The summed E-state index contributed by atoms with van der Waals surface area (Å²) in [4.78, 5) is 16.4. The van der Waals surface area contributed by atoms with Crippen molar-refractivity contribution in [3.05, 3.63) is 41.9 Å². The molecule has 1 aliphatic rings. The van der Waals surface area contributed by atoms with Gasteiger partial charge in [-0.3, -0.25) is 4.79 Å². The monoisotopic (exact) mass is 371 g/mol. The first-order valence-electron chi connectivity index (χ1n) is 7.74. The molecule has 1 saturated heterocycles. The molecule has 2 N–H and O–H groups in total. The van der Waals surface area contributed by atoms with Crippen molar-refractivity contribution >= 4 is 30.7 Å². The predicted molar refractivity (Wildman–Crippen MR) is 98.9 cm³/mol.